The van der Waals surface area contributed by atoms with Crippen LogP contribution in [0, 0.1) is 6.92 Å². The Morgan fingerprint density at radius 1 is 1.14 bits per heavy atom. The molecule has 1 aliphatic rings. The molecule has 0 atom stereocenters. The van der Waals surface area contributed by atoms with Crippen molar-refractivity contribution in [1.29, 1.82) is 0 Å². The summed E-state index contributed by atoms with van der Waals surface area (Å²) in [5.41, 5.74) is 2.73. The van der Waals surface area contributed by atoms with Gasteiger partial charge in [-0.25, -0.2) is 8.42 Å². The maximum absolute atomic E-state index is 13.2. The molecule has 1 heterocycles. The van der Waals surface area contributed by atoms with Gasteiger partial charge in [-0.3, -0.25) is 9.10 Å². The Morgan fingerprint density at radius 2 is 1.79 bits per heavy atom. The molecule has 29 heavy (non-hydrogen) atoms. The van der Waals surface area contributed by atoms with Crippen LogP contribution in [0.15, 0.2) is 59.5 Å². The molecule has 7 heteroatoms. The third kappa shape index (κ3) is 4.15. The fraction of sp³-hybridized carbons (Fsp3) is 0.318. The number of rotatable bonds is 5. The number of aryl methyl sites for hydroxylation is 1. The average Bonchev–Trinajstić information content (AvgIpc) is 2.73. The third-order valence-electron chi connectivity index (χ3n) is 5.28. The van der Waals surface area contributed by atoms with E-state index < -0.39 is 10.0 Å². The molecule has 2 aromatic rings. The van der Waals surface area contributed by atoms with Crippen LogP contribution >= 0.6 is 0 Å². The van der Waals surface area contributed by atoms with Gasteiger partial charge < -0.3 is 9.64 Å². The summed E-state index contributed by atoms with van der Waals surface area (Å²) in [4.78, 5) is 14.8. The normalized spacial score (nSPS) is 14.6. The third-order valence-corrected chi connectivity index (χ3v) is 7.05. The summed E-state index contributed by atoms with van der Waals surface area (Å²) in [5.74, 6) is 0.308. The SMILES string of the molecule is C=C1CCN(C(=O)c2cc(S(=O)(=O)N(C)c3ccccc3OC)ccc2C)CC1. The molecule has 1 saturated heterocycles. The Hall–Kier alpha value is -2.80. The van der Waals surface area contributed by atoms with E-state index in [0.717, 1.165) is 24.0 Å². The van der Waals surface area contributed by atoms with Gasteiger partial charge in [0.05, 0.1) is 17.7 Å². The summed E-state index contributed by atoms with van der Waals surface area (Å²) in [5, 5.41) is 0. The molecule has 0 bridgehead atoms. The fourth-order valence-corrected chi connectivity index (χ4v) is 4.60. The number of ether oxygens (including phenoxy) is 1. The summed E-state index contributed by atoms with van der Waals surface area (Å²) in [6.45, 7) is 7.00. The van der Waals surface area contributed by atoms with Gasteiger partial charge in [0.25, 0.3) is 15.9 Å². The number of likely N-dealkylation sites (tertiary alicyclic amines) is 1. The fourth-order valence-electron chi connectivity index (χ4n) is 3.37. The van der Waals surface area contributed by atoms with Gasteiger partial charge >= 0.3 is 0 Å². The summed E-state index contributed by atoms with van der Waals surface area (Å²) in [6.07, 6.45) is 1.55. The lowest BCUT2D eigenvalue weighted by atomic mass is 10.0. The quantitative estimate of drug-likeness (QED) is 0.701. The number of carbonyl (C=O) groups excluding carboxylic acids is 1. The molecule has 154 valence electrons. The highest BCUT2D eigenvalue weighted by Crippen LogP contribution is 2.31. The highest BCUT2D eigenvalue weighted by atomic mass is 32.2. The summed E-state index contributed by atoms with van der Waals surface area (Å²) < 4.78 is 32.9. The second-order valence-electron chi connectivity index (χ2n) is 7.16. The van der Waals surface area contributed by atoms with Gasteiger partial charge in [0, 0.05) is 25.7 Å². The molecule has 3 rings (SSSR count). The van der Waals surface area contributed by atoms with Crippen molar-refractivity contribution in [3.05, 3.63) is 65.7 Å². The number of nitrogens with zero attached hydrogens (tertiary/aromatic N) is 2. The number of hydrogen-bond donors (Lipinski definition) is 0. The minimum atomic E-state index is -3.87. The zero-order chi connectivity index (χ0) is 21.2. The van der Waals surface area contributed by atoms with Crippen molar-refractivity contribution in [1.82, 2.24) is 4.90 Å². The Bertz CT molecular complexity index is 1040. The first-order valence-electron chi connectivity index (χ1n) is 9.44. The number of amides is 1. The molecule has 6 nitrogen and oxygen atoms in total. The highest BCUT2D eigenvalue weighted by Gasteiger charge is 2.27. The second-order valence-corrected chi connectivity index (χ2v) is 9.13. The number of anilines is 1. The largest absolute Gasteiger partial charge is 0.495 e. The van der Waals surface area contributed by atoms with Crippen LogP contribution < -0.4 is 9.04 Å². The van der Waals surface area contributed by atoms with Crippen molar-refractivity contribution in [2.24, 2.45) is 0 Å². The molecule has 1 fully saturated rings. The summed E-state index contributed by atoms with van der Waals surface area (Å²) >= 11 is 0. The number of para-hydroxylation sites is 2. The number of benzene rings is 2. The summed E-state index contributed by atoms with van der Waals surface area (Å²) in [7, 11) is -0.896. The highest BCUT2D eigenvalue weighted by molar-refractivity contribution is 7.92. The van der Waals surface area contributed by atoms with Crippen molar-refractivity contribution in [2.45, 2.75) is 24.7 Å². The molecule has 0 N–H and O–H groups in total. The Morgan fingerprint density at radius 3 is 2.45 bits per heavy atom. The molecular formula is C22H26N2O4S. The molecule has 1 amide bonds. The van der Waals surface area contributed by atoms with Gasteiger partial charge in [-0.2, -0.15) is 0 Å². The lowest BCUT2D eigenvalue weighted by Crippen LogP contribution is -2.36. The van der Waals surface area contributed by atoms with Crippen molar-refractivity contribution >= 4 is 21.6 Å². The van der Waals surface area contributed by atoms with E-state index >= 15 is 0 Å². The van der Waals surface area contributed by atoms with Crippen molar-refractivity contribution in [3.8, 4) is 5.75 Å². The van der Waals surface area contributed by atoms with Gasteiger partial charge in [-0.15, -0.1) is 0 Å². The van der Waals surface area contributed by atoms with E-state index in [-0.39, 0.29) is 10.8 Å². The van der Waals surface area contributed by atoms with E-state index in [1.54, 1.807) is 35.2 Å². The van der Waals surface area contributed by atoms with Crippen molar-refractivity contribution in [3.63, 3.8) is 0 Å². The van der Waals surface area contributed by atoms with E-state index in [9.17, 15) is 13.2 Å². The van der Waals surface area contributed by atoms with E-state index in [1.165, 1.54) is 30.6 Å². The van der Waals surface area contributed by atoms with Crippen LogP contribution in [-0.4, -0.2) is 46.5 Å². The van der Waals surface area contributed by atoms with Crippen LogP contribution in [0.4, 0.5) is 5.69 Å². The Balaban J connectivity index is 1.95. The molecule has 0 aliphatic carbocycles. The van der Waals surface area contributed by atoms with E-state index in [2.05, 4.69) is 6.58 Å². The minimum absolute atomic E-state index is 0.0706. The molecule has 1 aliphatic heterocycles. The van der Waals surface area contributed by atoms with Gasteiger partial charge in [0.1, 0.15) is 5.75 Å². The molecule has 0 saturated carbocycles. The lowest BCUT2D eigenvalue weighted by molar-refractivity contribution is 0.0743. The first-order valence-corrected chi connectivity index (χ1v) is 10.9. The zero-order valence-electron chi connectivity index (χ0n) is 17.0. The summed E-state index contributed by atoms with van der Waals surface area (Å²) in [6, 6.07) is 11.6. The van der Waals surface area contributed by atoms with Crippen LogP contribution in [0.2, 0.25) is 0 Å². The number of hydrogen-bond acceptors (Lipinski definition) is 4. The maximum atomic E-state index is 13.2. The predicted octanol–water partition coefficient (Wildman–Crippen LogP) is 3.62. The molecule has 2 aromatic carbocycles. The Kier molecular flexibility index (Phi) is 5.98. The molecule has 0 unspecified atom stereocenters. The van der Waals surface area contributed by atoms with Crippen LogP contribution in [-0.2, 0) is 10.0 Å². The van der Waals surface area contributed by atoms with Gasteiger partial charge in [-0.1, -0.05) is 30.4 Å². The van der Waals surface area contributed by atoms with Crippen LogP contribution in [0.25, 0.3) is 0 Å². The Labute approximate surface area is 172 Å². The number of piperidine rings is 1. The smallest absolute Gasteiger partial charge is 0.264 e. The van der Waals surface area contributed by atoms with E-state index in [4.69, 9.17) is 4.74 Å². The van der Waals surface area contributed by atoms with Gasteiger partial charge in [0.15, 0.2) is 0 Å². The molecule has 0 radical (unpaired) electrons. The van der Waals surface area contributed by atoms with Crippen LogP contribution in [0.5, 0.6) is 5.75 Å². The minimum Gasteiger partial charge on any atom is -0.495 e. The van der Waals surface area contributed by atoms with Crippen molar-refractivity contribution in [2.75, 3.05) is 31.6 Å². The van der Waals surface area contributed by atoms with Gasteiger partial charge in [-0.05, 0) is 49.6 Å². The average molecular weight is 415 g/mol. The van der Waals surface area contributed by atoms with Crippen LogP contribution in [0.3, 0.4) is 0 Å². The molecule has 0 aromatic heterocycles. The lowest BCUT2D eigenvalue weighted by Gasteiger charge is -2.29. The first-order chi connectivity index (χ1) is 13.8. The number of carbonyl (C=O) groups is 1. The van der Waals surface area contributed by atoms with Crippen LogP contribution in [0.1, 0.15) is 28.8 Å². The first kappa shape index (κ1) is 20.9. The van der Waals surface area contributed by atoms with Crippen molar-refractivity contribution < 1.29 is 17.9 Å². The van der Waals surface area contributed by atoms with E-state index in [0.29, 0.717) is 30.1 Å². The monoisotopic (exact) mass is 414 g/mol. The zero-order valence-corrected chi connectivity index (χ0v) is 17.8. The second kappa shape index (κ2) is 8.29. The molecule has 0 spiro atoms. The predicted molar refractivity (Wildman–Crippen MR) is 114 cm³/mol. The number of sulfonamides is 1. The standard InChI is InChI=1S/C22H26N2O4S/c1-16-11-13-24(14-12-16)22(25)19-15-18(10-9-17(19)2)29(26,27)23(3)20-7-5-6-8-21(20)28-4/h5-10,15H,1,11-14H2,2-4H3. The maximum Gasteiger partial charge on any atom is 0.264 e. The van der Waals surface area contributed by atoms with Gasteiger partial charge in [0.2, 0.25) is 0 Å². The van der Waals surface area contributed by atoms with E-state index in [1.807, 2.05) is 6.92 Å². The molecular weight excluding hydrogens is 388 g/mol. The topological polar surface area (TPSA) is 66.9 Å². The number of methoxy groups -OCH3 is 1.